The number of piperidine rings is 1. The molecule has 1 unspecified atom stereocenters. The number of rotatable bonds is 8. The number of nitrogens with one attached hydrogen (secondary N) is 1. The molecule has 0 bridgehead atoms. The van der Waals surface area contributed by atoms with E-state index in [1.165, 1.54) is 24.2 Å². The van der Waals surface area contributed by atoms with E-state index in [1.807, 2.05) is 6.92 Å². The second-order valence-electron chi connectivity index (χ2n) is 5.78. The molecule has 0 aromatic carbocycles. The molecule has 2 amide bonds. The molecule has 6 heteroatoms. The van der Waals surface area contributed by atoms with Crippen LogP contribution in [-0.2, 0) is 4.79 Å². The van der Waals surface area contributed by atoms with Crippen molar-refractivity contribution in [3.63, 3.8) is 0 Å². The Morgan fingerprint density at radius 3 is 2.76 bits per heavy atom. The van der Waals surface area contributed by atoms with Crippen molar-refractivity contribution in [1.82, 2.24) is 15.1 Å². The molecule has 1 aliphatic heterocycles. The summed E-state index contributed by atoms with van der Waals surface area (Å²) in [5, 5.41) is 11.6. The zero-order chi connectivity index (χ0) is 15.7. The van der Waals surface area contributed by atoms with E-state index in [9.17, 15) is 9.59 Å². The minimum atomic E-state index is -0.972. The highest BCUT2D eigenvalue weighted by atomic mass is 16.4. The number of likely N-dealkylation sites (tertiary alicyclic amines) is 1. The van der Waals surface area contributed by atoms with Gasteiger partial charge in [0.05, 0.1) is 0 Å². The Morgan fingerprint density at radius 1 is 1.38 bits per heavy atom. The number of hydrogen-bond acceptors (Lipinski definition) is 3. The summed E-state index contributed by atoms with van der Waals surface area (Å²) in [5.41, 5.74) is 0. The van der Waals surface area contributed by atoms with Crippen LogP contribution in [0.25, 0.3) is 0 Å². The third-order valence-electron chi connectivity index (χ3n) is 3.95. The van der Waals surface area contributed by atoms with Crippen LogP contribution in [-0.4, -0.2) is 65.7 Å². The molecule has 0 radical (unpaired) electrons. The number of amides is 2. The molecule has 0 saturated carbocycles. The van der Waals surface area contributed by atoms with Gasteiger partial charge in [0, 0.05) is 25.7 Å². The zero-order valence-corrected chi connectivity index (χ0v) is 13.3. The lowest BCUT2D eigenvalue weighted by Gasteiger charge is -2.33. The van der Waals surface area contributed by atoms with Gasteiger partial charge in [-0.3, -0.25) is 4.79 Å². The average molecular weight is 299 g/mol. The molecular weight excluding hydrogens is 270 g/mol. The van der Waals surface area contributed by atoms with Gasteiger partial charge in [-0.15, -0.1) is 0 Å². The first-order valence-electron chi connectivity index (χ1n) is 8.03. The number of hydrogen-bond donors (Lipinski definition) is 2. The first-order chi connectivity index (χ1) is 10.0. The lowest BCUT2D eigenvalue weighted by Crippen LogP contribution is -2.44. The fourth-order valence-electron chi connectivity index (χ4n) is 2.76. The number of urea groups is 1. The Kier molecular flexibility index (Phi) is 8.12. The largest absolute Gasteiger partial charge is 0.480 e. The molecule has 0 spiro atoms. The minimum absolute atomic E-state index is 0.233. The molecule has 0 aromatic rings. The van der Waals surface area contributed by atoms with Crippen LogP contribution in [0.1, 0.15) is 46.0 Å². The van der Waals surface area contributed by atoms with Crippen LogP contribution in [0, 0.1) is 0 Å². The van der Waals surface area contributed by atoms with E-state index >= 15 is 0 Å². The lowest BCUT2D eigenvalue weighted by atomic mass is 10.0. The Morgan fingerprint density at radius 2 is 2.14 bits per heavy atom. The van der Waals surface area contributed by atoms with Crippen molar-refractivity contribution < 1.29 is 14.7 Å². The maximum Gasteiger partial charge on any atom is 0.323 e. The monoisotopic (exact) mass is 299 g/mol. The predicted molar refractivity (Wildman–Crippen MR) is 82.4 cm³/mol. The van der Waals surface area contributed by atoms with E-state index in [4.69, 9.17) is 5.11 Å². The van der Waals surface area contributed by atoms with Gasteiger partial charge < -0.3 is 20.2 Å². The fourth-order valence-corrected chi connectivity index (χ4v) is 2.76. The molecule has 1 fully saturated rings. The Balaban J connectivity index is 2.23. The van der Waals surface area contributed by atoms with Crippen molar-refractivity contribution in [1.29, 1.82) is 0 Å². The van der Waals surface area contributed by atoms with Crippen molar-refractivity contribution in [2.24, 2.45) is 0 Å². The van der Waals surface area contributed by atoms with Crippen LogP contribution in [0.3, 0.4) is 0 Å². The number of carboxylic acid groups (broad SMARTS) is 1. The second kappa shape index (κ2) is 9.60. The van der Waals surface area contributed by atoms with Gasteiger partial charge >= 0.3 is 12.0 Å². The number of carbonyl (C=O) groups is 2. The number of carboxylic acids is 1. The van der Waals surface area contributed by atoms with Gasteiger partial charge in [-0.05, 0) is 39.2 Å². The molecule has 1 saturated heterocycles. The molecular formula is C15H29N3O3. The van der Waals surface area contributed by atoms with E-state index in [1.54, 1.807) is 0 Å². The first kappa shape index (κ1) is 17.8. The molecule has 21 heavy (non-hydrogen) atoms. The molecule has 1 heterocycles. The van der Waals surface area contributed by atoms with Gasteiger partial charge in [-0.25, -0.2) is 4.79 Å². The van der Waals surface area contributed by atoms with Crippen molar-refractivity contribution in [2.45, 2.75) is 52.0 Å². The molecule has 6 nitrogen and oxygen atoms in total. The Hall–Kier alpha value is -1.30. The maximum atomic E-state index is 11.9. The summed E-state index contributed by atoms with van der Waals surface area (Å²) in [6, 6.07) is 0.365. The number of nitrogens with zero attached hydrogens (tertiary/aromatic N) is 2. The Labute approximate surface area is 127 Å². The fraction of sp³-hybridized carbons (Fsp3) is 0.867. The average Bonchev–Trinajstić information content (AvgIpc) is 2.44. The van der Waals surface area contributed by atoms with E-state index in [0.717, 1.165) is 25.9 Å². The van der Waals surface area contributed by atoms with Crippen molar-refractivity contribution in [3.05, 3.63) is 0 Å². The Bertz CT molecular complexity index is 336. The summed E-state index contributed by atoms with van der Waals surface area (Å²) >= 11 is 0. The third-order valence-corrected chi connectivity index (χ3v) is 3.95. The van der Waals surface area contributed by atoms with Crippen molar-refractivity contribution >= 4 is 12.0 Å². The highest BCUT2D eigenvalue weighted by Crippen LogP contribution is 2.15. The summed E-state index contributed by atoms with van der Waals surface area (Å²) in [7, 11) is 0. The smallest absolute Gasteiger partial charge is 0.323 e. The standard InChI is InChI=1S/C15H29N3O3/c1-3-9-18(12-14(19)20)15(21)16-8-6-11-17-10-5-4-7-13(17)2/h13H,3-12H2,1-2H3,(H,16,21)(H,19,20). The van der Waals surface area contributed by atoms with E-state index in [0.29, 0.717) is 19.1 Å². The second-order valence-corrected chi connectivity index (χ2v) is 5.78. The summed E-state index contributed by atoms with van der Waals surface area (Å²) in [6.45, 7) is 7.17. The van der Waals surface area contributed by atoms with E-state index < -0.39 is 5.97 Å². The molecule has 0 aliphatic carbocycles. The highest BCUT2D eigenvalue weighted by Gasteiger charge is 2.18. The molecule has 122 valence electrons. The van der Waals surface area contributed by atoms with E-state index in [-0.39, 0.29) is 12.6 Å². The predicted octanol–water partition coefficient (Wildman–Crippen LogP) is 1.76. The van der Waals surface area contributed by atoms with Crippen LogP contribution in [0.5, 0.6) is 0 Å². The number of aliphatic carboxylic acids is 1. The third kappa shape index (κ3) is 6.80. The minimum Gasteiger partial charge on any atom is -0.480 e. The van der Waals surface area contributed by atoms with Gasteiger partial charge in [0.1, 0.15) is 6.54 Å². The van der Waals surface area contributed by atoms with Gasteiger partial charge in [0.25, 0.3) is 0 Å². The first-order valence-corrected chi connectivity index (χ1v) is 8.03. The molecule has 2 N–H and O–H groups in total. The summed E-state index contributed by atoms with van der Waals surface area (Å²) in [5.74, 6) is -0.972. The normalized spacial score (nSPS) is 19.2. The van der Waals surface area contributed by atoms with Crippen molar-refractivity contribution in [2.75, 3.05) is 32.7 Å². The molecule has 1 aliphatic rings. The van der Waals surface area contributed by atoms with Gasteiger partial charge in [0.15, 0.2) is 0 Å². The van der Waals surface area contributed by atoms with Crippen LogP contribution in [0.15, 0.2) is 0 Å². The zero-order valence-electron chi connectivity index (χ0n) is 13.3. The molecule has 1 rings (SSSR count). The van der Waals surface area contributed by atoms with Gasteiger partial charge in [-0.1, -0.05) is 13.3 Å². The van der Waals surface area contributed by atoms with Crippen LogP contribution in [0.2, 0.25) is 0 Å². The maximum absolute atomic E-state index is 11.9. The highest BCUT2D eigenvalue weighted by molar-refractivity contribution is 5.80. The van der Waals surface area contributed by atoms with Gasteiger partial charge in [-0.2, -0.15) is 0 Å². The number of carbonyl (C=O) groups excluding carboxylic acids is 1. The topological polar surface area (TPSA) is 72.9 Å². The summed E-state index contributed by atoms with van der Waals surface area (Å²) in [4.78, 5) is 26.5. The summed E-state index contributed by atoms with van der Waals surface area (Å²) < 4.78 is 0. The lowest BCUT2D eigenvalue weighted by molar-refractivity contribution is -0.137. The van der Waals surface area contributed by atoms with Crippen molar-refractivity contribution in [3.8, 4) is 0 Å². The van der Waals surface area contributed by atoms with E-state index in [2.05, 4.69) is 17.1 Å². The molecule has 0 aromatic heterocycles. The SMILES string of the molecule is CCCN(CC(=O)O)C(=O)NCCCN1CCCCC1C. The van der Waals surface area contributed by atoms with Crippen LogP contribution >= 0.6 is 0 Å². The summed E-state index contributed by atoms with van der Waals surface area (Å²) in [6.07, 6.45) is 5.50. The van der Waals surface area contributed by atoms with Crippen LogP contribution < -0.4 is 5.32 Å². The van der Waals surface area contributed by atoms with Crippen LogP contribution in [0.4, 0.5) is 4.79 Å². The molecule has 1 atom stereocenters. The quantitative estimate of drug-likeness (QED) is 0.670. The van der Waals surface area contributed by atoms with Gasteiger partial charge in [0.2, 0.25) is 0 Å².